The number of hydrogen-bond acceptors (Lipinski definition) is 1. The van der Waals surface area contributed by atoms with Crippen LogP contribution in [-0.4, -0.2) is 9.58 Å². The van der Waals surface area contributed by atoms with Crippen molar-refractivity contribution in [3.63, 3.8) is 0 Å². The molecule has 0 fully saturated rings. The summed E-state index contributed by atoms with van der Waals surface area (Å²) in [4.78, 5) is 10.5. The average molecular weight is 230 g/mol. The second kappa shape index (κ2) is 5.85. The van der Waals surface area contributed by atoms with Gasteiger partial charge < -0.3 is 4.79 Å². The lowest BCUT2D eigenvalue weighted by Gasteiger charge is -2.04. The first-order valence-corrected chi connectivity index (χ1v) is 4.76. The van der Waals surface area contributed by atoms with Crippen molar-refractivity contribution in [2.45, 2.75) is 30.0 Å². The topological polar surface area (TPSA) is 17.1 Å². The summed E-state index contributed by atoms with van der Waals surface area (Å²) in [6, 6.07) is 0. The smallest absolute Gasteiger partial charge is 0.194 e. The van der Waals surface area contributed by atoms with E-state index in [9.17, 15) is 4.79 Å². The lowest BCUT2D eigenvalue weighted by atomic mass is 10.2. The Bertz CT molecular complexity index is 170. The van der Waals surface area contributed by atoms with E-state index in [-0.39, 0.29) is 5.78 Å². The highest BCUT2D eigenvalue weighted by molar-refractivity contribution is 6.67. The Morgan fingerprint density at radius 3 is 2.33 bits per heavy atom. The Labute approximate surface area is 87.7 Å². The molecule has 0 unspecified atom stereocenters. The van der Waals surface area contributed by atoms with Crippen molar-refractivity contribution in [2.24, 2.45) is 0 Å². The first-order chi connectivity index (χ1) is 5.42. The Hall–Kier alpha value is 0.280. The maximum absolute atomic E-state index is 10.5. The number of Topliss-reactive ketones (excluding diaryl/α,β-unsaturated/α-hetero) is 1. The molecule has 0 aromatic rings. The molecular weight excluding hydrogens is 218 g/mol. The predicted octanol–water partition coefficient (Wildman–Crippen LogP) is 3.67. The third kappa shape index (κ3) is 10.3. The zero-order valence-electron chi connectivity index (χ0n) is 6.82. The summed E-state index contributed by atoms with van der Waals surface area (Å²) in [5.41, 5.74) is 0. The number of alkyl halides is 3. The maximum Gasteiger partial charge on any atom is 0.194 e. The van der Waals surface area contributed by atoms with Crippen LogP contribution in [0.1, 0.15) is 26.2 Å². The van der Waals surface area contributed by atoms with Crippen molar-refractivity contribution in [1.29, 1.82) is 0 Å². The van der Waals surface area contributed by atoms with E-state index >= 15 is 0 Å². The molecule has 0 bridgehead atoms. The van der Waals surface area contributed by atoms with Crippen molar-refractivity contribution in [2.75, 3.05) is 0 Å². The summed E-state index contributed by atoms with van der Waals surface area (Å²) in [7, 11) is 0. The van der Waals surface area contributed by atoms with E-state index in [0.717, 1.165) is 6.42 Å². The normalized spacial score (nSPS) is 12.3. The van der Waals surface area contributed by atoms with Gasteiger partial charge in [-0.05, 0) is 13.3 Å². The second-order valence-corrected chi connectivity index (χ2v) is 5.05. The number of rotatable bonds is 4. The molecule has 70 valence electrons. The molecule has 0 radical (unpaired) electrons. The minimum Gasteiger partial charge on any atom is -0.300 e. The highest BCUT2D eigenvalue weighted by atomic mass is 35.6. The fourth-order valence-corrected chi connectivity index (χ4v) is 0.889. The van der Waals surface area contributed by atoms with Crippen molar-refractivity contribution >= 4 is 40.6 Å². The third-order valence-electron chi connectivity index (χ3n) is 1.18. The van der Waals surface area contributed by atoms with Gasteiger partial charge in [-0.2, -0.15) is 0 Å². The van der Waals surface area contributed by atoms with Gasteiger partial charge in [-0.1, -0.05) is 47.0 Å². The lowest BCUT2D eigenvalue weighted by Crippen LogP contribution is -1.98. The van der Waals surface area contributed by atoms with Crippen LogP contribution in [-0.2, 0) is 4.79 Å². The van der Waals surface area contributed by atoms with E-state index in [1.54, 1.807) is 13.0 Å². The van der Waals surface area contributed by atoms with Crippen molar-refractivity contribution in [1.82, 2.24) is 0 Å². The minimum absolute atomic E-state index is 0.175. The molecule has 0 saturated heterocycles. The number of allylic oxidation sites excluding steroid dienone is 2. The lowest BCUT2D eigenvalue weighted by molar-refractivity contribution is -0.116. The van der Waals surface area contributed by atoms with Crippen LogP contribution in [0.4, 0.5) is 0 Å². The highest BCUT2D eigenvalue weighted by Crippen LogP contribution is 2.30. The predicted molar refractivity (Wildman–Crippen MR) is 54.0 cm³/mol. The number of ketones is 1. The van der Waals surface area contributed by atoms with Gasteiger partial charge in [0, 0.05) is 12.8 Å². The summed E-state index contributed by atoms with van der Waals surface area (Å²) in [5.74, 6) is 0.175. The molecule has 0 spiro atoms. The van der Waals surface area contributed by atoms with Gasteiger partial charge in [0.1, 0.15) is 5.78 Å². The molecule has 0 heterocycles. The van der Waals surface area contributed by atoms with Gasteiger partial charge in [0.25, 0.3) is 0 Å². The number of hydrogen-bond donors (Lipinski definition) is 0. The van der Waals surface area contributed by atoms with E-state index in [1.807, 2.05) is 6.08 Å². The Kier molecular flexibility index (Phi) is 5.98. The molecule has 0 atom stereocenters. The molecule has 0 N–H and O–H groups in total. The van der Waals surface area contributed by atoms with Crippen molar-refractivity contribution in [3.8, 4) is 0 Å². The summed E-state index contributed by atoms with van der Waals surface area (Å²) in [5, 5.41) is 0. The van der Waals surface area contributed by atoms with E-state index < -0.39 is 3.79 Å². The minimum atomic E-state index is -1.22. The molecule has 1 nitrogen and oxygen atoms in total. The van der Waals surface area contributed by atoms with Crippen LogP contribution >= 0.6 is 34.8 Å². The quantitative estimate of drug-likeness (QED) is 0.531. The van der Waals surface area contributed by atoms with Crippen LogP contribution in [0.3, 0.4) is 0 Å². The summed E-state index contributed by atoms with van der Waals surface area (Å²) in [6.07, 6.45) is 5.28. The molecule has 0 rings (SSSR count). The molecule has 0 aromatic heterocycles. The SMILES string of the molecule is CC(=O)CC/C=C/CC(Cl)(Cl)Cl. The highest BCUT2D eigenvalue weighted by Gasteiger charge is 2.16. The Morgan fingerprint density at radius 1 is 1.33 bits per heavy atom. The molecule has 0 aliphatic rings. The molecule has 0 amide bonds. The van der Waals surface area contributed by atoms with Crippen LogP contribution < -0.4 is 0 Å². The molecule has 0 aliphatic heterocycles. The Balaban J connectivity index is 3.45. The van der Waals surface area contributed by atoms with Gasteiger partial charge in [0.05, 0.1) is 0 Å². The maximum atomic E-state index is 10.5. The molecule has 4 heteroatoms. The van der Waals surface area contributed by atoms with Crippen LogP contribution in [0.15, 0.2) is 12.2 Å². The van der Waals surface area contributed by atoms with E-state index in [2.05, 4.69) is 0 Å². The molecule has 12 heavy (non-hydrogen) atoms. The summed E-state index contributed by atoms with van der Waals surface area (Å²) in [6.45, 7) is 1.56. The van der Waals surface area contributed by atoms with Crippen molar-refractivity contribution < 1.29 is 4.79 Å². The molecular formula is C8H11Cl3O. The zero-order chi connectivity index (χ0) is 9.61. The second-order valence-electron chi connectivity index (χ2n) is 2.53. The van der Waals surface area contributed by atoms with E-state index in [4.69, 9.17) is 34.8 Å². The van der Waals surface area contributed by atoms with Gasteiger partial charge >= 0.3 is 0 Å². The van der Waals surface area contributed by atoms with Gasteiger partial charge in [-0.3, -0.25) is 0 Å². The van der Waals surface area contributed by atoms with E-state index in [1.165, 1.54) is 0 Å². The van der Waals surface area contributed by atoms with Crippen LogP contribution in [0.5, 0.6) is 0 Å². The van der Waals surface area contributed by atoms with Gasteiger partial charge in [-0.15, -0.1) is 0 Å². The largest absolute Gasteiger partial charge is 0.300 e. The summed E-state index contributed by atoms with van der Waals surface area (Å²) >= 11 is 16.5. The van der Waals surface area contributed by atoms with Crippen LogP contribution in [0, 0.1) is 0 Å². The Morgan fingerprint density at radius 2 is 1.92 bits per heavy atom. The fraction of sp³-hybridized carbons (Fsp3) is 0.625. The van der Waals surface area contributed by atoms with Crippen LogP contribution in [0.25, 0.3) is 0 Å². The monoisotopic (exact) mass is 228 g/mol. The summed E-state index contributed by atoms with van der Waals surface area (Å²) < 4.78 is -1.22. The molecule has 0 aliphatic carbocycles. The van der Waals surface area contributed by atoms with Gasteiger partial charge in [0.2, 0.25) is 0 Å². The van der Waals surface area contributed by atoms with Crippen LogP contribution in [0.2, 0.25) is 0 Å². The average Bonchev–Trinajstić information content (AvgIpc) is 1.83. The first-order valence-electron chi connectivity index (χ1n) is 3.63. The number of halogens is 3. The number of carbonyl (C=O) groups is 1. The number of carbonyl (C=O) groups excluding carboxylic acids is 1. The zero-order valence-corrected chi connectivity index (χ0v) is 9.09. The standard InChI is InChI=1S/C8H11Cl3O/c1-7(12)5-3-2-4-6-8(9,10)11/h2,4H,3,5-6H2,1H3/b4-2+. The molecule has 0 aromatic carbocycles. The van der Waals surface area contributed by atoms with Gasteiger partial charge in [0.15, 0.2) is 3.79 Å². The molecule has 0 saturated carbocycles. The fourth-order valence-electron chi connectivity index (χ4n) is 0.621. The van der Waals surface area contributed by atoms with Gasteiger partial charge in [-0.25, -0.2) is 0 Å². The first kappa shape index (κ1) is 12.3. The van der Waals surface area contributed by atoms with E-state index in [0.29, 0.717) is 12.8 Å². The third-order valence-corrected chi connectivity index (χ3v) is 1.64. The van der Waals surface area contributed by atoms with Crippen molar-refractivity contribution in [3.05, 3.63) is 12.2 Å².